The van der Waals surface area contributed by atoms with Gasteiger partial charge in [0.2, 0.25) is 16.4 Å². The minimum atomic E-state index is -4.60. The molecule has 0 unspecified atom stereocenters. The predicted octanol–water partition coefficient (Wildman–Crippen LogP) is 2.02. The molecule has 2 aliphatic heterocycles. The number of alkyl halides is 4. The highest BCUT2D eigenvalue weighted by atomic mass is 32.2. The molecular formula is C20H27F4N3O6S. The summed E-state index contributed by atoms with van der Waals surface area (Å²) in [6, 6.07) is 4.25. The number of hydrogen-bond donors (Lipinski definition) is 1. The first-order valence-corrected chi connectivity index (χ1v) is 12.3. The van der Waals surface area contributed by atoms with Crippen molar-refractivity contribution < 1.29 is 45.5 Å². The SMILES string of the molecule is O=CN(O)[C@H](CS(=O)(=O)N1CCN(c2ccc(OC(F)(F)C(F)F)cc2)CC1)C1CCOCC1. The van der Waals surface area contributed by atoms with Crippen LogP contribution in [0.2, 0.25) is 0 Å². The topological polar surface area (TPSA) is 99.6 Å². The summed E-state index contributed by atoms with van der Waals surface area (Å²) in [4.78, 5) is 12.9. The average molecular weight is 514 g/mol. The third-order valence-corrected chi connectivity index (χ3v) is 7.90. The number of carbonyl (C=O) groups excluding carboxylic acids is 1. The monoisotopic (exact) mass is 513 g/mol. The lowest BCUT2D eigenvalue weighted by Crippen LogP contribution is -2.53. The van der Waals surface area contributed by atoms with Crippen molar-refractivity contribution in [2.45, 2.75) is 31.4 Å². The smallest absolute Gasteiger partial charge is 0.428 e. The molecule has 0 aliphatic carbocycles. The van der Waals surface area contributed by atoms with E-state index in [1.54, 1.807) is 0 Å². The molecule has 2 aliphatic rings. The second-order valence-corrected chi connectivity index (χ2v) is 10.1. The van der Waals surface area contributed by atoms with E-state index in [4.69, 9.17) is 4.74 Å². The number of ether oxygens (including phenoxy) is 2. The molecule has 1 amide bonds. The zero-order valence-corrected chi connectivity index (χ0v) is 19.0. The highest BCUT2D eigenvalue weighted by molar-refractivity contribution is 7.89. The summed E-state index contributed by atoms with van der Waals surface area (Å²) in [5, 5.41) is 10.4. The Morgan fingerprint density at radius 2 is 1.74 bits per heavy atom. The van der Waals surface area contributed by atoms with Gasteiger partial charge in [0, 0.05) is 45.1 Å². The molecule has 192 valence electrons. The van der Waals surface area contributed by atoms with Crippen LogP contribution in [-0.2, 0) is 19.6 Å². The Bertz CT molecular complexity index is 907. The van der Waals surface area contributed by atoms with Crippen molar-refractivity contribution in [2.24, 2.45) is 5.92 Å². The number of carbonyl (C=O) groups is 1. The lowest BCUT2D eigenvalue weighted by Gasteiger charge is -2.38. The van der Waals surface area contributed by atoms with Crippen molar-refractivity contribution in [3.05, 3.63) is 24.3 Å². The molecule has 9 nitrogen and oxygen atoms in total. The van der Waals surface area contributed by atoms with E-state index in [-0.39, 0.29) is 25.4 Å². The summed E-state index contributed by atoms with van der Waals surface area (Å²) in [7, 11) is -3.80. The Morgan fingerprint density at radius 1 is 1.15 bits per heavy atom. The van der Waals surface area contributed by atoms with Crippen LogP contribution in [0.25, 0.3) is 0 Å². The Kier molecular flexibility index (Phi) is 8.60. The quantitative estimate of drug-likeness (QED) is 0.221. The second kappa shape index (κ2) is 11.1. The fraction of sp³-hybridized carbons (Fsp3) is 0.650. The van der Waals surface area contributed by atoms with E-state index < -0.39 is 40.1 Å². The van der Waals surface area contributed by atoms with Gasteiger partial charge in [0.1, 0.15) is 5.75 Å². The third-order valence-electron chi connectivity index (χ3n) is 5.98. The summed E-state index contributed by atoms with van der Waals surface area (Å²) < 4.78 is 87.2. The zero-order chi connectivity index (χ0) is 24.9. The van der Waals surface area contributed by atoms with Gasteiger partial charge in [0.05, 0.1) is 11.8 Å². The fourth-order valence-corrected chi connectivity index (χ4v) is 5.87. The van der Waals surface area contributed by atoms with Crippen LogP contribution in [0, 0.1) is 5.92 Å². The van der Waals surface area contributed by atoms with Crippen molar-refractivity contribution in [3.63, 3.8) is 0 Å². The summed E-state index contributed by atoms with van der Waals surface area (Å²) in [6.07, 6.45) is -7.29. The number of amides is 1. The molecule has 0 radical (unpaired) electrons. The molecule has 1 aromatic rings. The van der Waals surface area contributed by atoms with Gasteiger partial charge in [-0.05, 0) is 43.0 Å². The van der Waals surface area contributed by atoms with Gasteiger partial charge in [-0.2, -0.15) is 21.9 Å². The largest absolute Gasteiger partial charge is 0.461 e. The Labute approximate surface area is 194 Å². The highest BCUT2D eigenvalue weighted by Crippen LogP contribution is 2.29. The Hall–Kier alpha value is -2.16. The molecule has 14 heteroatoms. The van der Waals surface area contributed by atoms with Crippen LogP contribution in [0.15, 0.2) is 24.3 Å². The highest BCUT2D eigenvalue weighted by Gasteiger charge is 2.44. The van der Waals surface area contributed by atoms with E-state index in [0.29, 0.717) is 49.9 Å². The van der Waals surface area contributed by atoms with Crippen LogP contribution >= 0.6 is 0 Å². The lowest BCUT2D eigenvalue weighted by atomic mass is 9.93. The van der Waals surface area contributed by atoms with Crippen LogP contribution < -0.4 is 9.64 Å². The minimum absolute atomic E-state index is 0.136. The van der Waals surface area contributed by atoms with Gasteiger partial charge >= 0.3 is 12.5 Å². The number of halogens is 4. The maximum Gasteiger partial charge on any atom is 0.461 e. The minimum Gasteiger partial charge on any atom is -0.428 e. The zero-order valence-electron chi connectivity index (χ0n) is 18.2. The van der Waals surface area contributed by atoms with Crippen molar-refractivity contribution in [3.8, 4) is 5.75 Å². The van der Waals surface area contributed by atoms with Crippen molar-refractivity contribution in [1.29, 1.82) is 0 Å². The molecule has 0 aromatic heterocycles. The van der Waals surface area contributed by atoms with Crippen molar-refractivity contribution in [1.82, 2.24) is 9.37 Å². The standard InChI is InChI=1S/C20H27F4N3O6S/c21-19(22)20(23,24)33-17-3-1-16(2-4-17)25-7-9-26(10-8-25)34(30,31)13-18(27(29)14-28)15-5-11-32-12-6-15/h1-4,14-15,18-19,29H,5-13H2/t18-/m1/s1. The first-order chi connectivity index (χ1) is 16.0. The number of sulfonamides is 1. The van der Waals surface area contributed by atoms with Crippen LogP contribution in [0.4, 0.5) is 23.2 Å². The van der Waals surface area contributed by atoms with Gasteiger partial charge in [0.25, 0.3) is 0 Å². The third kappa shape index (κ3) is 6.49. The van der Waals surface area contributed by atoms with Crippen LogP contribution in [-0.4, -0.2) is 93.1 Å². The Balaban J connectivity index is 1.59. The van der Waals surface area contributed by atoms with E-state index in [0.717, 1.165) is 12.1 Å². The molecular weight excluding hydrogens is 486 g/mol. The van der Waals surface area contributed by atoms with E-state index in [9.17, 15) is 36.0 Å². The molecule has 34 heavy (non-hydrogen) atoms. The number of benzene rings is 1. The van der Waals surface area contributed by atoms with E-state index in [1.165, 1.54) is 16.4 Å². The number of rotatable bonds is 10. The van der Waals surface area contributed by atoms with Gasteiger partial charge in [-0.3, -0.25) is 10.0 Å². The molecule has 1 aromatic carbocycles. The summed E-state index contributed by atoms with van der Waals surface area (Å²) >= 11 is 0. The molecule has 1 N–H and O–H groups in total. The maximum absolute atomic E-state index is 13.0. The van der Waals surface area contributed by atoms with E-state index in [1.807, 2.05) is 4.90 Å². The molecule has 1 atom stereocenters. The molecule has 3 rings (SSSR count). The van der Waals surface area contributed by atoms with Gasteiger partial charge in [0.15, 0.2) is 0 Å². The van der Waals surface area contributed by atoms with E-state index in [2.05, 4.69) is 4.74 Å². The lowest BCUT2D eigenvalue weighted by molar-refractivity contribution is -0.253. The first-order valence-electron chi connectivity index (χ1n) is 10.7. The van der Waals surface area contributed by atoms with Crippen LogP contribution in [0.1, 0.15) is 12.8 Å². The molecule has 2 fully saturated rings. The van der Waals surface area contributed by atoms with Crippen molar-refractivity contribution in [2.75, 3.05) is 50.0 Å². The van der Waals surface area contributed by atoms with Gasteiger partial charge in [-0.15, -0.1) is 0 Å². The second-order valence-electron chi connectivity index (χ2n) is 8.13. The van der Waals surface area contributed by atoms with E-state index >= 15 is 0 Å². The molecule has 0 spiro atoms. The van der Waals surface area contributed by atoms with Crippen LogP contribution in [0.3, 0.4) is 0 Å². The molecule has 2 saturated heterocycles. The summed E-state index contributed by atoms with van der Waals surface area (Å²) in [5.74, 6) is -1.05. The van der Waals surface area contributed by atoms with Gasteiger partial charge in [-0.25, -0.2) is 13.5 Å². The normalized spacial score (nSPS) is 19.8. The number of piperazine rings is 1. The van der Waals surface area contributed by atoms with Gasteiger partial charge in [-0.1, -0.05) is 0 Å². The maximum atomic E-state index is 13.0. The fourth-order valence-electron chi connectivity index (χ4n) is 4.08. The summed E-state index contributed by atoms with van der Waals surface area (Å²) in [5.41, 5.74) is 0.590. The number of hydrogen-bond acceptors (Lipinski definition) is 7. The number of anilines is 1. The number of nitrogens with zero attached hydrogens (tertiary/aromatic N) is 3. The van der Waals surface area contributed by atoms with Gasteiger partial charge < -0.3 is 14.4 Å². The number of hydroxylamine groups is 2. The first kappa shape index (κ1) is 26.4. The molecule has 0 saturated carbocycles. The molecule has 2 heterocycles. The van der Waals surface area contributed by atoms with Crippen LogP contribution in [0.5, 0.6) is 5.75 Å². The van der Waals surface area contributed by atoms with Crippen molar-refractivity contribution >= 4 is 22.1 Å². The molecule has 0 bridgehead atoms. The summed E-state index contributed by atoms with van der Waals surface area (Å²) in [6.45, 7) is 1.72. The average Bonchev–Trinajstić information content (AvgIpc) is 2.83. The Morgan fingerprint density at radius 3 is 2.26 bits per heavy atom. The predicted molar refractivity (Wildman–Crippen MR) is 113 cm³/mol.